The maximum Gasteiger partial charge on any atom is 0.123 e. The zero-order valence-electron chi connectivity index (χ0n) is 9.13. The minimum absolute atomic E-state index is 0.209. The fourth-order valence-corrected chi connectivity index (χ4v) is 1.18. The molecule has 0 heterocycles. The Morgan fingerprint density at radius 3 is 2.60 bits per heavy atom. The lowest BCUT2D eigenvalue weighted by atomic mass is 10.3. The Morgan fingerprint density at radius 1 is 1.20 bits per heavy atom. The van der Waals surface area contributed by atoms with Gasteiger partial charge in [0.15, 0.2) is 0 Å². The molecule has 0 saturated carbocycles. The monoisotopic (exact) mass is 211 g/mol. The topological polar surface area (TPSA) is 21.3 Å². The number of benzene rings is 1. The van der Waals surface area contributed by atoms with Crippen molar-refractivity contribution >= 4 is 5.69 Å². The Bertz CT molecular complexity index is 261. The molecule has 0 saturated heterocycles. The van der Waals surface area contributed by atoms with Gasteiger partial charge in [-0.2, -0.15) is 0 Å². The van der Waals surface area contributed by atoms with Crippen LogP contribution in [0.15, 0.2) is 24.3 Å². The first kappa shape index (κ1) is 12.0. The van der Waals surface area contributed by atoms with Gasteiger partial charge in [-0.1, -0.05) is 13.3 Å². The van der Waals surface area contributed by atoms with Crippen LogP contribution in [0.3, 0.4) is 0 Å². The predicted molar refractivity (Wildman–Crippen MR) is 60.6 cm³/mol. The molecule has 0 unspecified atom stereocenters. The van der Waals surface area contributed by atoms with Gasteiger partial charge in [0.05, 0.1) is 6.61 Å². The van der Waals surface area contributed by atoms with E-state index >= 15 is 0 Å². The molecule has 1 aromatic rings. The SMILES string of the molecule is CCCCOCCNc1ccc(F)cc1. The number of halogens is 1. The fourth-order valence-electron chi connectivity index (χ4n) is 1.18. The van der Waals surface area contributed by atoms with E-state index in [1.54, 1.807) is 12.1 Å². The molecule has 1 rings (SSSR count). The summed E-state index contributed by atoms with van der Waals surface area (Å²) in [6.07, 6.45) is 2.27. The molecule has 0 aliphatic heterocycles. The van der Waals surface area contributed by atoms with E-state index < -0.39 is 0 Å². The van der Waals surface area contributed by atoms with Crippen molar-refractivity contribution in [1.29, 1.82) is 0 Å². The summed E-state index contributed by atoms with van der Waals surface area (Å²) in [7, 11) is 0. The molecule has 0 aliphatic rings. The molecular weight excluding hydrogens is 193 g/mol. The second-order valence-corrected chi connectivity index (χ2v) is 3.40. The molecule has 0 aromatic heterocycles. The van der Waals surface area contributed by atoms with Crippen molar-refractivity contribution in [2.45, 2.75) is 19.8 Å². The number of anilines is 1. The third-order valence-corrected chi connectivity index (χ3v) is 2.06. The largest absolute Gasteiger partial charge is 0.383 e. The quantitative estimate of drug-likeness (QED) is 0.700. The molecule has 0 atom stereocenters. The minimum Gasteiger partial charge on any atom is -0.383 e. The van der Waals surface area contributed by atoms with Crippen molar-refractivity contribution in [3.63, 3.8) is 0 Å². The van der Waals surface area contributed by atoms with Crippen molar-refractivity contribution in [2.75, 3.05) is 25.1 Å². The van der Waals surface area contributed by atoms with Gasteiger partial charge in [-0.05, 0) is 30.7 Å². The third-order valence-electron chi connectivity index (χ3n) is 2.06. The Morgan fingerprint density at radius 2 is 1.93 bits per heavy atom. The lowest BCUT2D eigenvalue weighted by Gasteiger charge is -2.06. The van der Waals surface area contributed by atoms with Crippen molar-refractivity contribution in [3.05, 3.63) is 30.1 Å². The van der Waals surface area contributed by atoms with Crippen LogP contribution in [0, 0.1) is 5.82 Å². The van der Waals surface area contributed by atoms with Crippen LogP contribution in [-0.4, -0.2) is 19.8 Å². The number of unbranched alkanes of at least 4 members (excludes halogenated alkanes) is 1. The van der Waals surface area contributed by atoms with Crippen LogP contribution in [0.25, 0.3) is 0 Å². The smallest absolute Gasteiger partial charge is 0.123 e. The van der Waals surface area contributed by atoms with Gasteiger partial charge in [0.1, 0.15) is 5.82 Å². The maximum absolute atomic E-state index is 12.6. The Balaban J connectivity index is 2.07. The van der Waals surface area contributed by atoms with E-state index in [1.807, 2.05) is 0 Å². The van der Waals surface area contributed by atoms with Crippen LogP contribution in [-0.2, 0) is 4.74 Å². The predicted octanol–water partition coefficient (Wildman–Crippen LogP) is 3.05. The van der Waals surface area contributed by atoms with Crippen LogP contribution in [0.4, 0.5) is 10.1 Å². The highest BCUT2D eigenvalue weighted by Crippen LogP contribution is 2.07. The normalized spacial score (nSPS) is 10.3. The summed E-state index contributed by atoms with van der Waals surface area (Å²) in [5.74, 6) is -0.209. The van der Waals surface area contributed by atoms with Crippen molar-refractivity contribution in [1.82, 2.24) is 0 Å². The number of hydrogen-bond donors (Lipinski definition) is 1. The lowest BCUT2D eigenvalue weighted by Crippen LogP contribution is -2.09. The van der Waals surface area contributed by atoms with E-state index in [1.165, 1.54) is 12.1 Å². The molecule has 0 bridgehead atoms. The first-order valence-electron chi connectivity index (χ1n) is 5.40. The average molecular weight is 211 g/mol. The molecule has 1 aromatic carbocycles. The molecule has 0 amide bonds. The highest BCUT2D eigenvalue weighted by Gasteiger charge is 1.92. The summed E-state index contributed by atoms with van der Waals surface area (Å²) < 4.78 is 17.9. The molecule has 2 nitrogen and oxygen atoms in total. The van der Waals surface area contributed by atoms with Crippen LogP contribution >= 0.6 is 0 Å². The zero-order chi connectivity index (χ0) is 10.9. The van der Waals surface area contributed by atoms with Gasteiger partial charge >= 0.3 is 0 Å². The molecule has 0 radical (unpaired) electrons. The van der Waals surface area contributed by atoms with Crippen molar-refractivity contribution in [2.24, 2.45) is 0 Å². The van der Waals surface area contributed by atoms with Crippen LogP contribution in [0.5, 0.6) is 0 Å². The first-order valence-corrected chi connectivity index (χ1v) is 5.40. The summed E-state index contributed by atoms with van der Waals surface area (Å²) >= 11 is 0. The molecule has 15 heavy (non-hydrogen) atoms. The first-order chi connectivity index (χ1) is 7.33. The fraction of sp³-hybridized carbons (Fsp3) is 0.500. The molecule has 0 spiro atoms. The number of nitrogens with one attached hydrogen (secondary N) is 1. The third kappa shape index (κ3) is 5.37. The lowest BCUT2D eigenvalue weighted by molar-refractivity contribution is 0.141. The molecule has 3 heteroatoms. The van der Waals surface area contributed by atoms with Gasteiger partial charge < -0.3 is 10.1 Å². The molecule has 1 N–H and O–H groups in total. The Hall–Kier alpha value is -1.09. The second kappa shape index (κ2) is 7.23. The van der Waals surface area contributed by atoms with E-state index in [0.29, 0.717) is 6.61 Å². The highest BCUT2D eigenvalue weighted by atomic mass is 19.1. The molecular formula is C12H18FNO. The van der Waals surface area contributed by atoms with Gasteiger partial charge in [0.2, 0.25) is 0 Å². The Labute approximate surface area is 90.4 Å². The van der Waals surface area contributed by atoms with Crippen LogP contribution in [0.2, 0.25) is 0 Å². The summed E-state index contributed by atoms with van der Waals surface area (Å²) in [6, 6.07) is 6.34. The Kier molecular flexibility index (Phi) is 5.78. The van der Waals surface area contributed by atoms with E-state index in [9.17, 15) is 4.39 Å². The molecule has 0 aliphatic carbocycles. The van der Waals surface area contributed by atoms with Gasteiger partial charge in [0, 0.05) is 18.8 Å². The molecule has 84 valence electrons. The summed E-state index contributed by atoms with van der Waals surface area (Å²) in [6.45, 7) is 4.41. The van der Waals surface area contributed by atoms with E-state index in [4.69, 9.17) is 4.74 Å². The zero-order valence-corrected chi connectivity index (χ0v) is 9.13. The van der Waals surface area contributed by atoms with Crippen molar-refractivity contribution in [3.8, 4) is 0 Å². The van der Waals surface area contributed by atoms with E-state index in [2.05, 4.69) is 12.2 Å². The molecule has 0 fully saturated rings. The minimum atomic E-state index is -0.209. The van der Waals surface area contributed by atoms with E-state index in [-0.39, 0.29) is 5.82 Å². The van der Waals surface area contributed by atoms with Gasteiger partial charge in [-0.15, -0.1) is 0 Å². The summed E-state index contributed by atoms with van der Waals surface area (Å²) in [5.41, 5.74) is 0.926. The number of hydrogen-bond acceptors (Lipinski definition) is 2. The van der Waals surface area contributed by atoms with Gasteiger partial charge in [-0.25, -0.2) is 4.39 Å². The summed E-state index contributed by atoms with van der Waals surface area (Å²) in [5, 5.41) is 3.16. The van der Waals surface area contributed by atoms with E-state index in [0.717, 1.165) is 31.7 Å². The van der Waals surface area contributed by atoms with Crippen LogP contribution < -0.4 is 5.32 Å². The number of rotatable bonds is 7. The second-order valence-electron chi connectivity index (χ2n) is 3.40. The van der Waals surface area contributed by atoms with Crippen molar-refractivity contribution < 1.29 is 9.13 Å². The summed E-state index contributed by atoms with van der Waals surface area (Å²) in [4.78, 5) is 0. The standard InChI is InChI=1S/C12H18FNO/c1-2-3-9-15-10-8-14-12-6-4-11(13)5-7-12/h4-7,14H,2-3,8-10H2,1H3. The van der Waals surface area contributed by atoms with Crippen LogP contribution in [0.1, 0.15) is 19.8 Å². The number of ether oxygens (including phenoxy) is 1. The van der Waals surface area contributed by atoms with Gasteiger partial charge in [-0.3, -0.25) is 0 Å². The maximum atomic E-state index is 12.6. The highest BCUT2D eigenvalue weighted by molar-refractivity contribution is 5.42. The van der Waals surface area contributed by atoms with Gasteiger partial charge in [0.25, 0.3) is 0 Å². The average Bonchev–Trinajstić information content (AvgIpc) is 2.26.